The molecule has 188 valence electrons. The third kappa shape index (κ3) is 3.06. The first-order chi connectivity index (χ1) is 16.8. The van der Waals surface area contributed by atoms with Crippen molar-refractivity contribution in [2.45, 2.75) is 77.2 Å². The van der Waals surface area contributed by atoms with Gasteiger partial charge in [0.05, 0.1) is 30.8 Å². The summed E-state index contributed by atoms with van der Waals surface area (Å²) in [6.07, 6.45) is 12.4. The second-order valence-corrected chi connectivity index (χ2v) is 11.2. The molecular formula is C25H34N6O4. The van der Waals surface area contributed by atoms with Crippen LogP contribution in [0.25, 0.3) is 11.2 Å². The number of ether oxygens (including phenoxy) is 2. The predicted octanol–water partition coefficient (Wildman–Crippen LogP) is 3.92. The summed E-state index contributed by atoms with van der Waals surface area (Å²) in [7, 11) is 0. The lowest BCUT2D eigenvalue weighted by atomic mass is 9.48. The second kappa shape index (κ2) is 7.72. The number of fused-ring (bicyclic) bond motifs is 2. The monoisotopic (exact) mass is 482 g/mol. The number of rotatable bonds is 2. The number of allylic oxidation sites excluding steroid dienone is 1. The maximum atomic E-state index is 11.4. The molecule has 10 nitrogen and oxygen atoms in total. The van der Waals surface area contributed by atoms with E-state index in [1.165, 1.54) is 11.4 Å². The lowest BCUT2D eigenvalue weighted by Crippen LogP contribution is -2.62. The van der Waals surface area contributed by atoms with Crippen LogP contribution in [0, 0.1) is 16.7 Å². The lowest BCUT2D eigenvalue weighted by molar-refractivity contribution is -0.279. The van der Waals surface area contributed by atoms with Crippen LogP contribution >= 0.6 is 0 Å². The highest BCUT2D eigenvalue weighted by Crippen LogP contribution is 2.63. The molecule has 3 fully saturated rings. The number of aromatic nitrogens is 4. The number of imidazole rings is 1. The van der Waals surface area contributed by atoms with Crippen LogP contribution in [0.4, 0.5) is 5.82 Å². The Morgan fingerprint density at radius 2 is 1.89 bits per heavy atom. The largest absolute Gasteiger partial charge is 0.411 e. The summed E-state index contributed by atoms with van der Waals surface area (Å²) < 4.78 is 14.6. The SMILES string of the molecule is C[C@]12CC/C(=N\O)[C@@](C)(/C=C/[C@]3(C)CCn4cnc5ncnc(c54)N3O)[C@@H]1CCCC21OCCO1. The molecule has 0 unspecified atom stereocenters. The Labute approximate surface area is 204 Å². The van der Waals surface area contributed by atoms with E-state index in [1.54, 1.807) is 6.33 Å². The fraction of sp³-hybridized carbons (Fsp3) is 0.680. The number of nitrogens with zero attached hydrogens (tertiary/aromatic N) is 6. The molecule has 4 heterocycles. The number of aryl methyl sites for hydroxylation is 1. The van der Waals surface area contributed by atoms with Crippen LogP contribution in [0.3, 0.4) is 0 Å². The summed E-state index contributed by atoms with van der Waals surface area (Å²) >= 11 is 0. The molecule has 2 aliphatic heterocycles. The molecule has 1 saturated heterocycles. The minimum atomic E-state index is -0.732. The molecule has 2 aliphatic carbocycles. The molecule has 1 spiro atoms. The third-order valence-corrected chi connectivity index (χ3v) is 9.46. The van der Waals surface area contributed by atoms with Gasteiger partial charge in [-0.25, -0.2) is 20.0 Å². The van der Waals surface area contributed by atoms with Crippen LogP contribution in [0.15, 0.2) is 30.0 Å². The van der Waals surface area contributed by atoms with Crippen LogP contribution in [0.2, 0.25) is 0 Å². The van der Waals surface area contributed by atoms with Gasteiger partial charge < -0.3 is 19.2 Å². The summed E-state index contributed by atoms with van der Waals surface area (Å²) in [5.41, 5.74) is 0.610. The van der Waals surface area contributed by atoms with E-state index >= 15 is 0 Å². The zero-order valence-corrected chi connectivity index (χ0v) is 20.6. The van der Waals surface area contributed by atoms with Crippen LogP contribution in [0.5, 0.6) is 0 Å². The van der Waals surface area contributed by atoms with E-state index in [0.717, 1.165) is 36.9 Å². The van der Waals surface area contributed by atoms with Gasteiger partial charge in [-0.05, 0) is 44.9 Å². The lowest BCUT2D eigenvalue weighted by Gasteiger charge is -2.60. The molecule has 6 rings (SSSR count). The van der Waals surface area contributed by atoms with Crippen molar-refractivity contribution >= 4 is 22.7 Å². The Kier molecular flexibility index (Phi) is 5.04. The van der Waals surface area contributed by atoms with Gasteiger partial charge >= 0.3 is 0 Å². The summed E-state index contributed by atoms with van der Waals surface area (Å²) in [6, 6.07) is 0. The van der Waals surface area contributed by atoms with Crippen molar-refractivity contribution in [3.8, 4) is 0 Å². The summed E-state index contributed by atoms with van der Waals surface area (Å²) in [5.74, 6) is 0.0313. The van der Waals surface area contributed by atoms with Crippen molar-refractivity contribution < 1.29 is 19.9 Å². The molecule has 0 amide bonds. The van der Waals surface area contributed by atoms with Crippen LogP contribution in [-0.2, 0) is 16.0 Å². The molecule has 10 heteroatoms. The average molecular weight is 483 g/mol. The van der Waals surface area contributed by atoms with E-state index in [2.05, 4.69) is 46.1 Å². The smallest absolute Gasteiger partial charge is 0.183 e. The Morgan fingerprint density at radius 1 is 1.09 bits per heavy atom. The molecule has 35 heavy (non-hydrogen) atoms. The van der Waals surface area contributed by atoms with Crippen molar-refractivity contribution in [2.75, 3.05) is 18.3 Å². The Hall–Kier alpha value is -2.56. The zero-order chi connectivity index (χ0) is 24.5. The molecular weight excluding hydrogens is 448 g/mol. The fourth-order valence-corrected chi connectivity index (χ4v) is 7.30. The molecule has 2 aromatic heterocycles. The number of hydrogen-bond acceptors (Lipinski definition) is 9. The summed E-state index contributed by atoms with van der Waals surface area (Å²) in [5, 5.41) is 26.5. The van der Waals surface area contributed by atoms with E-state index in [1.807, 2.05) is 11.5 Å². The van der Waals surface area contributed by atoms with Crippen molar-refractivity contribution in [3.05, 3.63) is 24.8 Å². The highest BCUT2D eigenvalue weighted by molar-refractivity contribution is 5.92. The molecule has 2 N–H and O–H groups in total. The molecule has 0 bridgehead atoms. The van der Waals surface area contributed by atoms with Crippen LogP contribution in [0.1, 0.15) is 59.3 Å². The minimum Gasteiger partial charge on any atom is -0.411 e. The maximum absolute atomic E-state index is 11.4. The van der Waals surface area contributed by atoms with E-state index in [0.29, 0.717) is 44.1 Å². The molecule has 4 atom stereocenters. The van der Waals surface area contributed by atoms with Crippen LogP contribution in [-0.4, -0.2) is 60.2 Å². The van der Waals surface area contributed by atoms with E-state index in [-0.39, 0.29) is 11.3 Å². The first-order valence-corrected chi connectivity index (χ1v) is 12.6. The van der Waals surface area contributed by atoms with Gasteiger partial charge in [-0.2, -0.15) is 0 Å². The van der Waals surface area contributed by atoms with E-state index in [4.69, 9.17) is 9.47 Å². The molecule has 0 aromatic carbocycles. The summed E-state index contributed by atoms with van der Waals surface area (Å²) in [4.78, 5) is 13.0. The fourth-order valence-electron chi connectivity index (χ4n) is 7.30. The molecule has 4 aliphatic rings. The van der Waals surface area contributed by atoms with Crippen LogP contribution < -0.4 is 5.06 Å². The van der Waals surface area contributed by atoms with Gasteiger partial charge in [0.15, 0.2) is 17.3 Å². The van der Waals surface area contributed by atoms with Crippen molar-refractivity contribution in [1.29, 1.82) is 0 Å². The van der Waals surface area contributed by atoms with Crippen molar-refractivity contribution in [2.24, 2.45) is 21.9 Å². The van der Waals surface area contributed by atoms with Gasteiger partial charge in [0.25, 0.3) is 0 Å². The molecule has 2 aromatic rings. The Bertz CT molecular complexity index is 1210. The van der Waals surface area contributed by atoms with Gasteiger partial charge in [-0.15, -0.1) is 0 Å². The predicted molar refractivity (Wildman–Crippen MR) is 128 cm³/mol. The van der Waals surface area contributed by atoms with Gasteiger partial charge in [0.2, 0.25) is 0 Å². The van der Waals surface area contributed by atoms with E-state index < -0.39 is 16.7 Å². The van der Waals surface area contributed by atoms with E-state index in [9.17, 15) is 10.4 Å². The van der Waals surface area contributed by atoms with Gasteiger partial charge in [-0.3, -0.25) is 5.21 Å². The topological polar surface area (TPSA) is 118 Å². The Balaban J connectivity index is 1.40. The van der Waals surface area contributed by atoms with Gasteiger partial charge in [-0.1, -0.05) is 31.2 Å². The molecule has 0 radical (unpaired) electrons. The third-order valence-electron chi connectivity index (χ3n) is 9.46. The highest BCUT2D eigenvalue weighted by atomic mass is 16.7. The maximum Gasteiger partial charge on any atom is 0.183 e. The first-order valence-electron chi connectivity index (χ1n) is 12.6. The standard InChI is InChI=1S/C25H34N6O4/c1-22(11-12-30-16-28-20-19(30)21(31(22)33)27-15-26-20)9-10-23(2)17-5-4-7-25(34-13-14-35-25)24(17,3)8-6-18(23)29-32/h9-10,15-17,32-33H,4-8,11-14H2,1-3H3/b10-9+,29-18+/t17-,22+,23-,24-/m0/s1. The molecule has 2 saturated carbocycles. The van der Waals surface area contributed by atoms with Crippen molar-refractivity contribution in [3.63, 3.8) is 0 Å². The number of hydroxylamine groups is 1. The van der Waals surface area contributed by atoms with Crippen molar-refractivity contribution in [1.82, 2.24) is 19.5 Å². The first kappa shape index (κ1) is 22.9. The number of anilines is 1. The number of oxime groups is 1. The Morgan fingerprint density at radius 3 is 2.66 bits per heavy atom. The highest BCUT2D eigenvalue weighted by Gasteiger charge is 2.64. The quantitative estimate of drug-likeness (QED) is 0.376. The normalized spacial score (nSPS) is 37.9. The second-order valence-electron chi connectivity index (χ2n) is 11.2. The minimum absolute atomic E-state index is 0.169. The number of hydrogen-bond donors (Lipinski definition) is 2. The average Bonchev–Trinajstić information content (AvgIpc) is 3.48. The zero-order valence-electron chi connectivity index (χ0n) is 20.6. The summed E-state index contributed by atoms with van der Waals surface area (Å²) in [6.45, 7) is 8.36. The van der Waals surface area contributed by atoms with Gasteiger partial charge in [0, 0.05) is 23.8 Å². The van der Waals surface area contributed by atoms with Gasteiger partial charge in [0.1, 0.15) is 11.8 Å².